The molecule has 0 spiro atoms. The van der Waals surface area contributed by atoms with E-state index in [9.17, 15) is 9.59 Å². The second kappa shape index (κ2) is 8.94. The zero-order valence-electron chi connectivity index (χ0n) is 17.5. The van der Waals surface area contributed by atoms with Gasteiger partial charge in [-0.25, -0.2) is 0 Å². The Hall–Kier alpha value is -2.48. The molecule has 0 bridgehead atoms. The van der Waals surface area contributed by atoms with Crippen LogP contribution in [-0.2, 0) is 20.9 Å². The molecular formula is C24H27N3O3S. The fourth-order valence-electron chi connectivity index (χ4n) is 4.77. The summed E-state index contributed by atoms with van der Waals surface area (Å²) >= 11 is 1.52. The molecule has 3 aliphatic heterocycles. The highest BCUT2D eigenvalue weighted by atomic mass is 32.1. The van der Waals surface area contributed by atoms with E-state index in [-0.39, 0.29) is 17.9 Å². The lowest BCUT2D eigenvalue weighted by atomic mass is 10.0. The van der Waals surface area contributed by atoms with Gasteiger partial charge in [0.2, 0.25) is 0 Å². The van der Waals surface area contributed by atoms with Gasteiger partial charge in [0.15, 0.2) is 0 Å². The van der Waals surface area contributed by atoms with Gasteiger partial charge in [-0.15, -0.1) is 11.3 Å². The van der Waals surface area contributed by atoms with Crippen LogP contribution in [0.25, 0.3) is 5.57 Å². The molecule has 2 aromatic rings. The van der Waals surface area contributed by atoms with Gasteiger partial charge in [-0.2, -0.15) is 0 Å². The molecule has 4 heterocycles. The maximum Gasteiger partial charge on any atom is 0.278 e. The number of morpholine rings is 1. The van der Waals surface area contributed by atoms with Crippen molar-refractivity contribution in [1.82, 2.24) is 14.7 Å². The monoisotopic (exact) mass is 437 g/mol. The van der Waals surface area contributed by atoms with E-state index in [2.05, 4.69) is 29.2 Å². The topological polar surface area (TPSA) is 53.1 Å². The molecule has 1 aromatic carbocycles. The van der Waals surface area contributed by atoms with Crippen LogP contribution in [0.15, 0.2) is 53.5 Å². The van der Waals surface area contributed by atoms with Crippen LogP contribution < -0.4 is 0 Å². The van der Waals surface area contributed by atoms with E-state index in [0.717, 1.165) is 37.4 Å². The fraction of sp³-hybridized carbons (Fsp3) is 0.417. The molecule has 31 heavy (non-hydrogen) atoms. The smallest absolute Gasteiger partial charge is 0.278 e. The summed E-state index contributed by atoms with van der Waals surface area (Å²) < 4.78 is 5.47. The number of nitrogens with zero attached hydrogens (tertiary/aromatic N) is 3. The third-order valence-electron chi connectivity index (χ3n) is 6.36. The van der Waals surface area contributed by atoms with Crippen LogP contribution in [0.4, 0.5) is 0 Å². The number of hydrogen-bond donors (Lipinski definition) is 0. The first-order chi connectivity index (χ1) is 15.2. The molecule has 7 heteroatoms. The molecule has 0 radical (unpaired) electrons. The Bertz CT molecular complexity index is 959. The molecule has 6 nitrogen and oxygen atoms in total. The van der Waals surface area contributed by atoms with Crippen molar-refractivity contribution in [3.05, 3.63) is 64.0 Å². The number of likely N-dealkylation sites (tertiary alicyclic amines) is 1. The van der Waals surface area contributed by atoms with E-state index < -0.39 is 0 Å². The minimum Gasteiger partial charge on any atom is -0.378 e. The van der Waals surface area contributed by atoms with Crippen LogP contribution in [-0.4, -0.2) is 71.9 Å². The Labute approximate surface area is 186 Å². The van der Waals surface area contributed by atoms with Gasteiger partial charge in [0, 0.05) is 43.6 Å². The highest BCUT2D eigenvalue weighted by molar-refractivity contribution is 7.11. The van der Waals surface area contributed by atoms with Crippen LogP contribution in [0.3, 0.4) is 0 Å². The van der Waals surface area contributed by atoms with E-state index in [4.69, 9.17) is 4.74 Å². The predicted molar refractivity (Wildman–Crippen MR) is 120 cm³/mol. The van der Waals surface area contributed by atoms with Crippen molar-refractivity contribution in [2.75, 3.05) is 39.4 Å². The van der Waals surface area contributed by atoms with E-state index in [1.165, 1.54) is 16.9 Å². The molecule has 2 fully saturated rings. The maximum absolute atomic E-state index is 13.5. The lowest BCUT2D eigenvalue weighted by molar-refractivity contribution is -0.141. The largest absolute Gasteiger partial charge is 0.378 e. The minimum absolute atomic E-state index is 0.0412. The number of hydrogen-bond acceptors (Lipinski definition) is 6. The van der Waals surface area contributed by atoms with Gasteiger partial charge in [0.1, 0.15) is 5.70 Å². The van der Waals surface area contributed by atoms with Crippen molar-refractivity contribution in [2.45, 2.75) is 25.4 Å². The second-order valence-electron chi connectivity index (χ2n) is 8.27. The molecule has 0 N–H and O–H groups in total. The first-order valence-electron chi connectivity index (χ1n) is 11.0. The van der Waals surface area contributed by atoms with E-state index in [1.807, 2.05) is 28.5 Å². The summed E-state index contributed by atoms with van der Waals surface area (Å²) in [5.74, 6) is -0.257. The SMILES string of the molecule is O=C1C(c2cccs2)=C(N2CCOCC2)C(=O)N1C1CCN(Cc2ccccc2)CC1. The number of carbonyl (C=O) groups excluding carboxylic acids is 2. The summed E-state index contributed by atoms with van der Waals surface area (Å²) in [6, 6.07) is 14.3. The molecule has 0 atom stereocenters. The molecule has 0 unspecified atom stereocenters. The second-order valence-corrected chi connectivity index (χ2v) is 9.22. The van der Waals surface area contributed by atoms with Crippen LogP contribution in [0.2, 0.25) is 0 Å². The van der Waals surface area contributed by atoms with E-state index in [0.29, 0.717) is 37.6 Å². The normalized spacial score (nSPS) is 21.4. The number of thiophene rings is 1. The van der Waals surface area contributed by atoms with Crippen molar-refractivity contribution in [2.24, 2.45) is 0 Å². The zero-order chi connectivity index (χ0) is 21.2. The summed E-state index contributed by atoms with van der Waals surface area (Å²) in [7, 11) is 0. The summed E-state index contributed by atoms with van der Waals surface area (Å²) in [5, 5.41) is 1.96. The van der Waals surface area contributed by atoms with Crippen LogP contribution in [0.1, 0.15) is 23.3 Å². The van der Waals surface area contributed by atoms with Crippen molar-refractivity contribution in [3.63, 3.8) is 0 Å². The van der Waals surface area contributed by atoms with Gasteiger partial charge in [0.25, 0.3) is 11.8 Å². The number of amides is 2. The Morgan fingerprint density at radius 3 is 2.32 bits per heavy atom. The van der Waals surface area contributed by atoms with E-state index in [1.54, 1.807) is 4.90 Å². The highest BCUT2D eigenvalue weighted by Gasteiger charge is 2.45. The molecule has 2 amide bonds. The van der Waals surface area contributed by atoms with Gasteiger partial charge in [-0.3, -0.25) is 19.4 Å². The maximum atomic E-state index is 13.5. The van der Waals surface area contributed by atoms with Gasteiger partial charge >= 0.3 is 0 Å². The predicted octanol–water partition coefficient (Wildman–Crippen LogP) is 2.82. The van der Waals surface area contributed by atoms with Gasteiger partial charge < -0.3 is 9.64 Å². The third kappa shape index (κ3) is 4.05. The molecule has 0 saturated carbocycles. The molecular weight excluding hydrogens is 410 g/mol. The lowest BCUT2D eigenvalue weighted by Crippen LogP contribution is -2.49. The third-order valence-corrected chi connectivity index (χ3v) is 7.24. The lowest BCUT2D eigenvalue weighted by Gasteiger charge is -2.36. The first kappa shape index (κ1) is 20.4. The Balaban J connectivity index is 1.33. The molecule has 1 aromatic heterocycles. The van der Waals surface area contributed by atoms with Gasteiger partial charge in [-0.1, -0.05) is 36.4 Å². The van der Waals surface area contributed by atoms with Crippen LogP contribution in [0, 0.1) is 0 Å². The number of ether oxygens (including phenoxy) is 1. The van der Waals surface area contributed by atoms with Gasteiger partial charge in [0.05, 0.1) is 18.8 Å². The number of rotatable bonds is 5. The minimum atomic E-state index is -0.129. The summed E-state index contributed by atoms with van der Waals surface area (Å²) in [6.45, 7) is 5.14. The van der Waals surface area contributed by atoms with Crippen LogP contribution >= 0.6 is 11.3 Å². The quantitative estimate of drug-likeness (QED) is 0.674. The number of imide groups is 1. The standard InChI is InChI=1S/C24H27N3O3S/c28-23-21(20-7-4-16-31-20)22(26-12-14-30-15-13-26)24(29)27(23)19-8-10-25(11-9-19)17-18-5-2-1-3-6-18/h1-7,16,19H,8-15,17H2. The summed E-state index contributed by atoms with van der Waals surface area (Å²) in [6.07, 6.45) is 1.64. The number of carbonyl (C=O) groups is 2. The Kier molecular flexibility index (Phi) is 5.89. The number of benzene rings is 1. The first-order valence-corrected chi connectivity index (χ1v) is 11.9. The molecule has 0 aliphatic carbocycles. The number of piperidine rings is 1. The van der Waals surface area contributed by atoms with Crippen molar-refractivity contribution in [3.8, 4) is 0 Å². The Morgan fingerprint density at radius 2 is 1.65 bits per heavy atom. The van der Waals surface area contributed by atoms with Crippen molar-refractivity contribution >= 4 is 28.7 Å². The summed E-state index contributed by atoms with van der Waals surface area (Å²) in [4.78, 5) is 34.0. The van der Waals surface area contributed by atoms with Crippen molar-refractivity contribution < 1.29 is 14.3 Å². The average Bonchev–Trinajstić information content (AvgIpc) is 3.42. The Morgan fingerprint density at radius 1 is 0.903 bits per heavy atom. The average molecular weight is 438 g/mol. The molecule has 3 aliphatic rings. The fourth-order valence-corrected chi connectivity index (χ4v) is 5.53. The zero-order valence-corrected chi connectivity index (χ0v) is 18.4. The molecule has 162 valence electrons. The molecule has 2 saturated heterocycles. The van der Waals surface area contributed by atoms with Crippen LogP contribution in [0.5, 0.6) is 0 Å². The summed E-state index contributed by atoms with van der Waals surface area (Å²) in [5.41, 5.74) is 2.45. The highest BCUT2D eigenvalue weighted by Crippen LogP contribution is 2.36. The molecule has 5 rings (SSSR count). The van der Waals surface area contributed by atoms with Crippen molar-refractivity contribution in [1.29, 1.82) is 0 Å². The van der Waals surface area contributed by atoms with Gasteiger partial charge in [-0.05, 0) is 29.9 Å². The van der Waals surface area contributed by atoms with E-state index >= 15 is 0 Å².